The third-order valence-corrected chi connectivity index (χ3v) is 12.1. The predicted molar refractivity (Wildman–Crippen MR) is 276 cm³/mol. The van der Waals surface area contributed by atoms with Crippen LogP contribution in [0.25, 0.3) is 44.1 Å². The quantitative estimate of drug-likeness (QED) is 0.0753. The summed E-state index contributed by atoms with van der Waals surface area (Å²) < 4.78 is 58.8. The fourth-order valence-electron chi connectivity index (χ4n) is 7.80. The molecule has 67 heavy (non-hydrogen) atoms. The summed E-state index contributed by atoms with van der Waals surface area (Å²) in [5.41, 5.74) is 10.2. The van der Waals surface area contributed by atoms with Crippen LogP contribution in [0, 0.1) is 37.8 Å². The summed E-state index contributed by atoms with van der Waals surface area (Å²) in [5.74, 6) is -3.24. The van der Waals surface area contributed by atoms with Crippen molar-refractivity contribution in [2.45, 2.75) is 165 Å². The van der Waals surface area contributed by atoms with Crippen LogP contribution in [-0.2, 0) is 35.7 Å². The van der Waals surface area contributed by atoms with Crippen LogP contribution < -0.4 is 0 Å². The number of benzene rings is 4. The Morgan fingerprint density at radius 2 is 1.06 bits per heavy atom. The van der Waals surface area contributed by atoms with Gasteiger partial charge in [0.15, 0.2) is 5.78 Å². The molecule has 6 aromatic rings. The van der Waals surface area contributed by atoms with Crippen molar-refractivity contribution in [3.05, 3.63) is 142 Å². The molecule has 7 heteroatoms. The topological polar surface area (TPSA) is 63.1 Å². The molecule has 0 aliphatic heterocycles. The van der Waals surface area contributed by atoms with Gasteiger partial charge in [-0.3, -0.25) is 4.79 Å². The van der Waals surface area contributed by atoms with E-state index < -0.39 is 18.3 Å². The first kappa shape index (κ1) is 50.3. The van der Waals surface area contributed by atoms with Crippen molar-refractivity contribution in [1.29, 1.82) is 0 Å². The summed E-state index contributed by atoms with van der Waals surface area (Å²) in [6.07, 6.45) is 2.52. The van der Waals surface area contributed by atoms with E-state index in [0.717, 1.165) is 68.2 Å². The van der Waals surface area contributed by atoms with E-state index in [4.69, 9.17) is 5.48 Å². The summed E-state index contributed by atoms with van der Waals surface area (Å²) in [6.45, 7) is 32.1. The van der Waals surface area contributed by atoms with Crippen LogP contribution in [-0.4, -0.2) is 26.8 Å². The number of aryl methyl sites for hydroxylation is 2. The number of aliphatic hydroxyl groups excluding tert-OH is 1. The molecule has 0 spiro atoms. The molecule has 2 aromatic heterocycles. The number of rotatable bonds is 12. The number of nitrogens with zero attached hydrogens (tertiary/aromatic N) is 2. The first-order valence-electron chi connectivity index (χ1n) is 25.6. The molecule has 6 rings (SSSR count). The second kappa shape index (κ2) is 24.1. The van der Waals surface area contributed by atoms with Gasteiger partial charge in [0.1, 0.15) is 0 Å². The van der Waals surface area contributed by atoms with Gasteiger partial charge in [-0.05, 0) is 105 Å². The van der Waals surface area contributed by atoms with Gasteiger partial charge in [0, 0.05) is 56.8 Å². The van der Waals surface area contributed by atoms with E-state index in [-0.39, 0.29) is 72.8 Å². The van der Waals surface area contributed by atoms with Crippen molar-refractivity contribution >= 4 is 27.3 Å². The normalized spacial score (nSPS) is 13.5. The molecule has 1 radical (unpaired) electrons. The van der Waals surface area contributed by atoms with Crippen LogP contribution in [0.1, 0.15) is 173 Å². The summed E-state index contributed by atoms with van der Waals surface area (Å²) >= 11 is 0. The molecule has 4 aromatic carbocycles. The minimum Gasteiger partial charge on any atom is -0.512 e. The van der Waals surface area contributed by atoms with Crippen LogP contribution in [0.15, 0.2) is 96.9 Å². The van der Waals surface area contributed by atoms with Crippen molar-refractivity contribution < 1.29 is 44.3 Å². The van der Waals surface area contributed by atoms with E-state index >= 15 is 0 Å². The van der Waals surface area contributed by atoms with Crippen LogP contribution in [0.4, 0.5) is 8.78 Å². The van der Waals surface area contributed by atoms with E-state index in [9.17, 15) is 18.7 Å². The van der Waals surface area contributed by atoms with E-state index in [0.29, 0.717) is 31.1 Å². The number of carbonyl (C=O) groups is 1. The van der Waals surface area contributed by atoms with Gasteiger partial charge in [-0.2, -0.15) is 0 Å². The van der Waals surface area contributed by atoms with Gasteiger partial charge in [0.05, 0.1) is 11.2 Å². The molecule has 1 atom stereocenters. The Labute approximate surface area is 421 Å². The molecule has 1 N–H and O–H groups in total. The molecule has 363 valence electrons. The van der Waals surface area contributed by atoms with Crippen molar-refractivity contribution in [2.24, 2.45) is 11.8 Å². The van der Waals surface area contributed by atoms with Crippen molar-refractivity contribution in [2.75, 3.05) is 0 Å². The van der Waals surface area contributed by atoms with Gasteiger partial charge in [-0.15, -0.1) is 69.8 Å². The molecule has 0 aliphatic rings. The number of allylic oxidation sites excluding steroid dienone is 2. The first-order chi connectivity index (χ1) is 32.4. The van der Waals surface area contributed by atoms with Crippen LogP contribution >= 0.6 is 0 Å². The Morgan fingerprint density at radius 1 is 0.672 bits per heavy atom. The van der Waals surface area contributed by atoms with E-state index in [2.05, 4.69) is 128 Å². The predicted octanol–water partition coefficient (Wildman–Crippen LogP) is 17.4. The fraction of sp³-hybridized carbons (Fsp3) is 0.450. The zero-order valence-electron chi connectivity index (χ0n) is 46.8. The Morgan fingerprint density at radius 3 is 1.39 bits per heavy atom. The zero-order valence-corrected chi connectivity index (χ0v) is 45.2. The maximum Gasteiger partial charge on any atom is 0.246 e. The number of halogens is 2. The van der Waals surface area contributed by atoms with Gasteiger partial charge in [0.2, 0.25) is 5.92 Å². The standard InChI is InChI=1S/2C23H26N.C14H24F2O2.Ir/c2*1-15(2)17-7-8-21-18(13-17)9-10-24-22(21)19-11-16(3)12-20(14-19)23(4,5)6;1-5-10(6-2)12(17)8-13(18)11(7-3)9-14(4,15)16;/h2*7-10,12-15H,1-6H3;8,10-11,18H,5-7,9H2,1-4H3;/q2*-1;;/b;;13-8-;/i2*9D,10D;;. The summed E-state index contributed by atoms with van der Waals surface area (Å²) in [5, 5.41) is 13.2. The number of pyridine rings is 2. The maximum absolute atomic E-state index is 12.9. The Hall–Kier alpha value is -4.58. The van der Waals surface area contributed by atoms with Gasteiger partial charge in [-0.1, -0.05) is 140 Å². The summed E-state index contributed by atoms with van der Waals surface area (Å²) in [6, 6.07) is 28.1. The number of aromatic nitrogens is 2. The molecule has 0 fully saturated rings. The smallest absolute Gasteiger partial charge is 0.246 e. The Balaban J connectivity index is 0.000000286. The number of hydrogen-bond acceptors (Lipinski definition) is 4. The third-order valence-electron chi connectivity index (χ3n) is 12.1. The van der Waals surface area contributed by atoms with Crippen molar-refractivity contribution in [1.82, 2.24) is 9.97 Å². The number of alkyl halides is 2. The van der Waals surface area contributed by atoms with Crippen molar-refractivity contribution in [3.63, 3.8) is 0 Å². The van der Waals surface area contributed by atoms with Crippen LogP contribution in [0.2, 0.25) is 0 Å². The average Bonchev–Trinajstić information content (AvgIpc) is 3.27. The van der Waals surface area contributed by atoms with Crippen LogP contribution in [0.5, 0.6) is 0 Å². The van der Waals surface area contributed by atoms with Gasteiger partial charge in [-0.25, -0.2) is 8.78 Å². The van der Waals surface area contributed by atoms with Crippen LogP contribution in [0.3, 0.4) is 0 Å². The second-order valence-corrected chi connectivity index (χ2v) is 20.6. The summed E-state index contributed by atoms with van der Waals surface area (Å²) in [4.78, 5) is 20.7. The molecule has 0 aliphatic carbocycles. The zero-order chi connectivity index (χ0) is 52.8. The molecule has 0 saturated carbocycles. The first-order valence-corrected chi connectivity index (χ1v) is 23.6. The third kappa shape index (κ3) is 16.0. The van der Waals surface area contributed by atoms with E-state index in [1.807, 2.05) is 52.0 Å². The van der Waals surface area contributed by atoms with Crippen molar-refractivity contribution in [3.8, 4) is 22.5 Å². The fourth-order valence-corrected chi connectivity index (χ4v) is 7.80. The molecule has 0 bridgehead atoms. The maximum atomic E-state index is 12.9. The molecule has 4 nitrogen and oxygen atoms in total. The molecule has 2 heterocycles. The van der Waals surface area contributed by atoms with Gasteiger partial charge in [0.25, 0.3) is 0 Å². The van der Waals surface area contributed by atoms with E-state index in [1.165, 1.54) is 22.3 Å². The average molecular weight is 1090 g/mol. The number of fused-ring (bicyclic) bond motifs is 2. The Kier molecular flexibility index (Phi) is 18.1. The van der Waals surface area contributed by atoms with Gasteiger partial charge >= 0.3 is 0 Å². The minimum absolute atomic E-state index is 0. The molecular formula is C60H76F2IrN2O2-2. The molecular weight excluding hydrogens is 1010 g/mol. The number of carbonyl (C=O) groups excluding carboxylic acids is 1. The number of hydrogen-bond donors (Lipinski definition) is 1. The Bertz CT molecular complexity index is 2670. The summed E-state index contributed by atoms with van der Waals surface area (Å²) in [7, 11) is 0. The monoisotopic (exact) mass is 1090 g/mol. The number of aliphatic hydroxyl groups is 1. The largest absolute Gasteiger partial charge is 0.512 e. The SMILES string of the molecule is CCC(CC)C(=O)/C=C(\O)C(CC)CC(C)(F)F.[2H]c1nc(-c2[c-]c(C)cc(C(C)(C)C)c2)c2ccc(C(C)C)cc2c1[2H].[2H]c1nc(-c2[c-]c(C)cc(C(C)(C)C)c2)c2ccc(C(C)C)cc2c1[2H].[Ir]. The van der Waals surface area contributed by atoms with Gasteiger partial charge < -0.3 is 15.1 Å². The van der Waals surface area contributed by atoms with E-state index in [1.54, 1.807) is 6.92 Å². The minimum atomic E-state index is -2.83. The number of ketones is 1. The molecule has 0 saturated heterocycles. The second-order valence-electron chi connectivity index (χ2n) is 20.6. The molecule has 1 unspecified atom stereocenters. The molecule has 0 amide bonds.